The Morgan fingerprint density at radius 3 is 1.89 bits per heavy atom. The number of carbonyl (C=O) groups is 5. The predicted octanol–water partition coefficient (Wildman–Crippen LogP) is 14.5. The van der Waals surface area contributed by atoms with Gasteiger partial charge in [0.25, 0.3) is 0 Å². The average molecular weight is 1350 g/mol. The molecule has 1 heterocycles. The summed E-state index contributed by atoms with van der Waals surface area (Å²) in [4.78, 5) is 80.9. The van der Waals surface area contributed by atoms with Crippen LogP contribution in [0.1, 0.15) is 231 Å². The van der Waals surface area contributed by atoms with Crippen LogP contribution in [0.2, 0.25) is 0 Å². The summed E-state index contributed by atoms with van der Waals surface area (Å²) in [7, 11) is 0. The Hall–Kier alpha value is -5.81. The molecule has 4 unspecified atom stereocenters. The van der Waals surface area contributed by atoms with Gasteiger partial charge in [-0.2, -0.15) is 0 Å². The van der Waals surface area contributed by atoms with E-state index in [0.29, 0.717) is 126 Å². The van der Waals surface area contributed by atoms with Crippen molar-refractivity contribution in [3.8, 4) is 0 Å². The number of carbonyl (C=O) groups excluding carboxylic acids is 5. The van der Waals surface area contributed by atoms with Gasteiger partial charge in [-0.1, -0.05) is 72.3 Å². The van der Waals surface area contributed by atoms with E-state index in [2.05, 4.69) is 65.9 Å². The normalized spacial score (nSPS) is 24.3. The number of hydrogen-bond acceptors (Lipinski definition) is 17. The van der Waals surface area contributed by atoms with E-state index in [1.54, 1.807) is 17.0 Å². The zero-order chi connectivity index (χ0) is 70.3. The maximum absolute atomic E-state index is 14.6. The highest BCUT2D eigenvalue weighted by Crippen LogP contribution is 2.69. The van der Waals surface area contributed by atoms with E-state index in [9.17, 15) is 34.1 Å². The number of fused-ring (bicyclic) bond motifs is 6. The van der Waals surface area contributed by atoms with Crippen molar-refractivity contribution in [2.24, 2.45) is 46.3 Å². The standard InChI is InChI=1S/C73H123N9O14/c1-15-17-18-19-20-24-42-80(62(84)50-81(41-16-2)61(83)30-22-21-23-37-74-57-33-34-58(82(88)89)65-64(57)78-96-79-65)43-25-29-51(3)54-31-32-55-63-56(49-60(73(54,55)14)92-46-28-40-77-68(87)95-71(10,11)12)72(13)36-35-53(90-44-26-38-75-66(85)93-69(4,5)6)47-52(72)48-59(63)91-45-27-39-76-67(86)94-70(7,8)9/h16,33-34,51-56,59-60,63,74H,2,15,17-32,35-50H2,1,3-14H3,(H,75,85)(H,76,86)(H,77,87)/t51-,52?,53-,54-,55?,56?,59-,60+,63?,72+,73-/m1/s1. The monoisotopic (exact) mass is 1350 g/mol. The molecule has 1 aromatic carbocycles. The molecule has 0 bridgehead atoms. The molecule has 11 atom stereocenters. The van der Waals surface area contributed by atoms with Gasteiger partial charge in [0.1, 0.15) is 23.3 Å². The molecular formula is C73H123N9O14. The Kier molecular flexibility index (Phi) is 30.8. The Labute approximate surface area is 573 Å². The van der Waals surface area contributed by atoms with Crippen molar-refractivity contribution in [1.29, 1.82) is 0 Å². The summed E-state index contributed by atoms with van der Waals surface area (Å²) in [5, 5.41) is 31.1. The minimum absolute atomic E-state index is 0.00721. The maximum Gasteiger partial charge on any atom is 0.407 e. The number of benzene rings is 1. The molecule has 4 N–H and O–H groups in total. The summed E-state index contributed by atoms with van der Waals surface area (Å²) in [5.41, 5.74) is -1.20. The molecule has 23 nitrogen and oxygen atoms in total. The van der Waals surface area contributed by atoms with E-state index in [-0.39, 0.29) is 77.6 Å². The van der Waals surface area contributed by atoms with Crippen molar-refractivity contribution in [1.82, 2.24) is 36.1 Å². The smallest absolute Gasteiger partial charge is 0.407 e. The van der Waals surface area contributed by atoms with Crippen LogP contribution in [0.3, 0.4) is 0 Å². The minimum Gasteiger partial charge on any atom is -0.444 e. The number of non-ortho nitro benzene ring substituents is 1. The molecule has 2 aromatic rings. The first-order chi connectivity index (χ1) is 45.5. The molecule has 0 radical (unpaired) electrons. The average Bonchev–Trinajstić information content (AvgIpc) is 1.24. The van der Waals surface area contributed by atoms with Crippen molar-refractivity contribution in [3.63, 3.8) is 0 Å². The molecule has 544 valence electrons. The number of amides is 5. The van der Waals surface area contributed by atoms with Crippen LogP contribution in [0.25, 0.3) is 11.0 Å². The van der Waals surface area contributed by atoms with Gasteiger partial charge in [0.2, 0.25) is 17.3 Å². The SMILES string of the molecule is C=CCN(CC(=O)N(CCCCCCCC)CCC[C@@H](C)[C@H]1CCC2C3C(C[C@H](OCCCNC(=O)OC(C)(C)C)[C@@]21C)[C@@]1(C)CC[C@@H](OCCCNC(=O)OC(C)(C)C)CC1C[C@H]3OCCCNC(=O)OC(C)(C)C)C(=O)CCCCCNc1ccc([N+](=O)[O-])c2nonc12. The van der Waals surface area contributed by atoms with Crippen molar-refractivity contribution in [2.75, 3.05) is 77.5 Å². The summed E-state index contributed by atoms with van der Waals surface area (Å²) < 4.78 is 42.6. The lowest BCUT2D eigenvalue weighted by Crippen LogP contribution is -2.63. The molecule has 5 amide bonds. The van der Waals surface area contributed by atoms with Gasteiger partial charge in [-0.15, -0.1) is 6.58 Å². The molecule has 0 saturated heterocycles. The van der Waals surface area contributed by atoms with Crippen LogP contribution in [0.5, 0.6) is 0 Å². The molecule has 0 aliphatic heterocycles. The lowest BCUT2D eigenvalue weighted by atomic mass is 9.43. The topological polar surface area (TPSA) is 277 Å². The van der Waals surface area contributed by atoms with E-state index in [1.165, 1.54) is 18.9 Å². The van der Waals surface area contributed by atoms with Gasteiger partial charge in [-0.25, -0.2) is 19.0 Å². The molecule has 23 heteroatoms. The predicted molar refractivity (Wildman–Crippen MR) is 372 cm³/mol. The van der Waals surface area contributed by atoms with Gasteiger partial charge in [0, 0.05) is 83.5 Å². The third-order valence-corrected chi connectivity index (χ3v) is 20.6. The number of nitro benzene ring substituents is 1. The number of rotatable bonds is 39. The Morgan fingerprint density at radius 1 is 0.688 bits per heavy atom. The van der Waals surface area contributed by atoms with Gasteiger partial charge < -0.3 is 59.5 Å². The second-order valence-corrected chi connectivity index (χ2v) is 31.3. The quantitative estimate of drug-likeness (QED) is 0.0159. The summed E-state index contributed by atoms with van der Waals surface area (Å²) in [5.74, 6) is 1.75. The van der Waals surface area contributed by atoms with Crippen LogP contribution in [0.4, 0.5) is 25.8 Å². The molecule has 1 aromatic heterocycles. The number of ether oxygens (including phenoxy) is 6. The molecule has 4 saturated carbocycles. The fourth-order valence-corrected chi connectivity index (χ4v) is 16.1. The highest BCUT2D eigenvalue weighted by molar-refractivity contribution is 5.93. The lowest BCUT2D eigenvalue weighted by molar-refractivity contribution is -0.383. The number of alkyl carbamates (subject to hydrolysis) is 3. The first-order valence-electron chi connectivity index (χ1n) is 36.5. The van der Waals surface area contributed by atoms with E-state index in [0.717, 1.165) is 96.3 Å². The number of nitrogens with one attached hydrogen (secondary N) is 4. The third-order valence-electron chi connectivity index (χ3n) is 20.6. The summed E-state index contributed by atoms with van der Waals surface area (Å²) in [6, 6.07) is 2.97. The minimum atomic E-state index is -0.609. The molecule has 4 aliphatic carbocycles. The first kappa shape index (κ1) is 79.2. The van der Waals surface area contributed by atoms with Crippen LogP contribution >= 0.6 is 0 Å². The number of anilines is 1. The van der Waals surface area contributed by atoms with E-state index >= 15 is 0 Å². The van der Waals surface area contributed by atoms with Crippen LogP contribution in [0.15, 0.2) is 29.4 Å². The molecule has 0 spiro atoms. The second kappa shape index (κ2) is 37.4. The highest BCUT2D eigenvalue weighted by Gasteiger charge is 2.66. The van der Waals surface area contributed by atoms with Gasteiger partial charge in [0.05, 0.1) is 28.9 Å². The van der Waals surface area contributed by atoms with Crippen LogP contribution in [-0.4, -0.2) is 162 Å². The molecule has 4 fully saturated rings. The van der Waals surface area contributed by atoms with Gasteiger partial charge in [-0.3, -0.25) is 19.7 Å². The van der Waals surface area contributed by atoms with Crippen molar-refractivity contribution in [3.05, 3.63) is 34.9 Å². The highest BCUT2D eigenvalue weighted by atomic mass is 16.6. The molecule has 6 rings (SSSR count). The maximum atomic E-state index is 14.6. The van der Waals surface area contributed by atoms with Crippen LogP contribution < -0.4 is 21.3 Å². The fraction of sp³-hybridized carbons (Fsp3) is 0.822. The lowest BCUT2D eigenvalue weighted by Gasteiger charge is -2.65. The number of nitro groups is 1. The molecule has 4 aliphatic rings. The van der Waals surface area contributed by atoms with Crippen molar-refractivity contribution >= 4 is 52.5 Å². The number of aromatic nitrogens is 2. The summed E-state index contributed by atoms with van der Waals surface area (Å²) in [6.45, 7) is 35.2. The summed E-state index contributed by atoms with van der Waals surface area (Å²) in [6.07, 6.45) is 19.9. The zero-order valence-electron chi connectivity index (χ0n) is 60.9. The van der Waals surface area contributed by atoms with Gasteiger partial charge in [-0.05, 0) is 216 Å². The fourth-order valence-electron chi connectivity index (χ4n) is 16.1. The molecular weight excluding hydrogens is 1230 g/mol. The van der Waals surface area contributed by atoms with Gasteiger partial charge >= 0.3 is 24.0 Å². The van der Waals surface area contributed by atoms with E-state index in [1.807, 2.05) is 67.2 Å². The number of nitrogens with zero attached hydrogens (tertiary/aromatic N) is 5. The van der Waals surface area contributed by atoms with Crippen LogP contribution in [0, 0.1) is 56.5 Å². The third kappa shape index (κ3) is 24.0. The Bertz CT molecular complexity index is 2780. The largest absolute Gasteiger partial charge is 0.444 e. The first-order valence-corrected chi connectivity index (χ1v) is 36.5. The van der Waals surface area contributed by atoms with E-state index in [4.69, 9.17) is 33.1 Å². The van der Waals surface area contributed by atoms with Crippen LogP contribution in [-0.2, 0) is 38.0 Å². The summed E-state index contributed by atoms with van der Waals surface area (Å²) >= 11 is 0. The van der Waals surface area contributed by atoms with Gasteiger partial charge in [0.15, 0.2) is 5.52 Å². The Morgan fingerprint density at radius 2 is 1.27 bits per heavy atom. The number of unbranched alkanes of at least 4 members (excludes halogenated alkanes) is 7. The Balaban J connectivity index is 1.16. The number of hydrogen-bond donors (Lipinski definition) is 4. The van der Waals surface area contributed by atoms with Crippen molar-refractivity contribution in [2.45, 2.75) is 266 Å². The van der Waals surface area contributed by atoms with Crippen molar-refractivity contribution < 1.29 is 61.9 Å². The zero-order valence-corrected chi connectivity index (χ0v) is 60.9. The van der Waals surface area contributed by atoms with E-state index < -0.39 is 40.0 Å². The second-order valence-electron chi connectivity index (χ2n) is 31.3. The molecule has 96 heavy (non-hydrogen) atoms.